The molecule has 0 saturated carbocycles. The summed E-state index contributed by atoms with van der Waals surface area (Å²) in [5, 5.41) is 2.43. The summed E-state index contributed by atoms with van der Waals surface area (Å²) in [4.78, 5) is 51.5. The van der Waals surface area contributed by atoms with Crippen LogP contribution in [0.1, 0.15) is 38.7 Å². The molecule has 0 fully saturated rings. The highest BCUT2D eigenvalue weighted by Crippen LogP contribution is 2.34. The molecular formula is C24H24FN5O6S. The molecule has 0 aliphatic carbocycles. The second kappa shape index (κ2) is 11.9. The van der Waals surface area contributed by atoms with Crippen LogP contribution in [0.4, 0.5) is 15.8 Å². The number of para-hydroxylation sites is 1. The van der Waals surface area contributed by atoms with E-state index in [2.05, 4.69) is 9.69 Å². The number of anilines is 2. The van der Waals surface area contributed by atoms with E-state index in [0.717, 1.165) is 11.0 Å². The molecule has 1 unspecified atom stereocenters. The van der Waals surface area contributed by atoms with Crippen molar-refractivity contribution in [3.05, 3.63) is 70.5 Å². The highest BCUT2D eigenvalue weighted by atomic mass is 32.1. The van der Waals surface area contributed by atoms with E-state index in [0.29, 0.717) is 17.3 Å². The topological polar surface area (TPSA) is 167 Å². The Balaban J connectivity index is 2.17. The van der Waals surface area contributed by atoms with Crippen LogP contribution in [0.2, 0.25) is 0 Å². The lowest BCUT2D eigenvalue weighted by Gasteiger charge is -2.31. The number of esters is 1. The van der Waals surface area contributed by atoms with Crippen molar-refractivity contribution in [1.29, 1.82) is 0 Å². The van der Waals surface area contributed by atoms with Crippen molar-refractivity contribution in [2.24, 2.45) is 5.73 Å². The number of nitrogen functional groups attached to an aromatic ring is 1. The van der Waals surface area contributed by atoms with Crippen molar-refractivity contribution in [1.82, 2.24) is 9.69 Å². The summed E-state index contributed by atoms with van der Waals surface area (Å²) >= 11 is 0.581. The van der Waals surface area contributed by atoms with Gasteiger partial charge in [-0.1, -0.05) is 24.3 Å². The lowest BCUT2D eigenvalue weighted by Crippen LogP contribution is -2.45. The molecule has 1 aromatic heterocycles. The number of nitrogens with one attached hydrogen (secondary N) is 1. The van der Waals surface area contributed by atoms with Gasteiger partial charge in [0.15, 0.2) is 5.69 Å². The molecule has 0 radical (unpaired) electrons. The van der Waals surface area contributed by atoms with Crippen LogP contribution >= 0.6 is 11.5 Å². The van der Waals surface area contributed by atoms with Gasteiger partial charge in [-0.2, -0.15) is 4.37 Å². The Bertz CT molecular complexity index is 1310. The van der Waals surface area contributed by atoms with Crippen LogP contribution in [-0.2, 0) is 14.3 Å². The van der Waals surface area contributed by atoms with Crippen molar-refractivity contribution in [3.8, 4) is 5.75 Å². The second-order valence-corrected chi connectivity index (χ2v) is 8.24. The summed E-state index contributed by atoms with van der Waals surface area (Å²) in [6.45, 7) is 1.22. The Labute approximate surface area is 215 Å². The minimum absolute atomic E-state index is 0.100. The Kier molecular flexibility index (Phi) is 8.74. The number of primary amides is 1. The molecule has 3 rings (SSSR count). The maximum atomic E-state index is 15.1. The molecule has 37 heavy (non-hydrogen) atoms. The summed E-state index contributed by atoms with van der Waals surface area (Å²) in [6.07, 6.45) is 0. The number of methoxy groups -OCH3 is 1. The molecule has 0 saturated heterocycles. The van der Waals surface area contributed by atoms with E-state index in [4.69, 9.17) is 20.9 Å². The van der Waals surface area contributed by atoms with Gasteiger partial charge in [0.2, 0.25) is 5.91 Å². The van der Waals surface area contributed by atoms with E-state index in [1.807, 2.05) is 0 Å². The number of carbonyl (C=O) groups excluding carboxylic acids is 4. The quantitative estimate of drug-likeness (QED) is 0.335. The number of benzene rings is 2. The van der Waals surface area contributed by atoms with Gasteiger partial charge in [-0.3, -0.25) is 24.1 Å². The van der Waals surface area contributed by atoms with Gasteiger partial charge in [0, 0.05) is 0 Å². The number of nitrogens with two attached hydrogens (primary N) is 2. The second-order valence-electron chi connectivity index (χ2n) is 7.46. The fraction of sp³-hybridized carbons (Fsp3) is 0.208. The zero-order valence-electron chi connectivity index (χ0n) is 19.9. The molecule has 0 aliphatic heterocycles. The zero-order valence-corrected chi connectivity index (χ0v) is 20.7. The number of aromatic nitrogens is 1. The molecule has 3 amide bonds. The van der Waals surface area contributed by atoms with Crippen LogP contribution in [-0.4, -0.2) is 48.3 Å². The summed E-state index contributed by atoms with van der Waals surface area (Å²) in [6, 6.07) is 9.95. The van der Waals surface area contributed by atoms with Gasteiger partial charge in [0.1, 0.15) is 29.0 Å². The van der Waals surface area contributed by atoms with Crippen LogP contribution in [0, 0.1) is 5.82 Å². The van der Waals surface area contributed by atoms with E-state index in [-0.39, 0.29) is 34.1 Å². The zero-order chi connectivity index (χ0) is 27.1. The SMILES string of the molecule is CCOC(=O)CNC(=O)C(c1ccc(OC)cc1)N(C(=O)c1snc(C(N)=O)c1N)c1ccccc1F. The van der Waals surface area contributed by atoms with Crippen LogP contribution in [0.5, 0.6) is 5.75 Å². The van der Waals surface area contributed by atoms with Gasteiger partial charge < -0.3 is 26.3 Å². The first-order valence-electron chi connectivity index (χ1n) is 10.9. The third kappa shape index (κ3) is 6.01. The van der Waals surface area contributed by atoms with Gasteiger partial charge in [-0.05, 0) is 48.3 Å². The van der Waals surface area contributed by atoms with Crippen LogP contribution in [0.15, 0.2) is 48.5 Å². The first-order chi connectivity index (χ1) is 17.7. The van der Waals surface area contributed by atoms with Crippen LogP contribution in [0.3, 0.4) is 0 Å². The average Bonchev–Trinajstić information content (AvgIpc) is 3.28. The van der Waals surface area contributed by atoms with Crippen molar-refractivity contribution in [2.45, 2.75) is 13.0 Å². The van der Waals surface area contributed by atoms with Gasteiger partial charge >= 0.3 is 5.97 Å². The molecule has 0 spiro atoms. The van der Waals surface area contributed by atoms with E-state index >= 15 is 4.39 Å². The molecule has 194 valence electrons. The monoisotopic (exact) mass is 529 g/mol. The van der Waals surface area contributed by atoms with E-state index < -0.39 is 42.1 Å². The van der Waals surface area contributed by atoms with Crippen LogP contribution in [0.25, 0.3) is 0 Å². The highest BCUT2D eigenvalue weighted by molar-refractivity contribution is 7.09. The van der Waals surface area contributed by atoms with Crippen molar-refractivity contribution >= 4 is 46.6 Å². The maximum absolute atomic E-state index is 15.1. The number of amides is 3. The average molecular weight is 530 g/mol. The normalized spacial score (nSPS) is 11.3. The number of hydrogen-bond acceptors (Lipinski definition) is 9. The molecule has 3 aromatic rings. The Morgan fingerprint density at radius 1 is 1.14 bits per heavy atom. The first kappa shape index (κ1) is 27.1. The van der Waals surface area contributed by atoms with Crippen molar-refractivity contribution in [2.75, 3.05) is 30.9 Å². The lowest BCUT2D eigenvalue weighted by atomic mass is 10.0. The molecule has 0 aliphatic rings. The number of halogens is 1. The lowest BCUT2D eigenvalue weighted by molar-refractivity contribution is -0.143. The fourth-order valence-corrected chi connectivity index (χ4v) is 4.17. The maximum Gasteiger partial charge on any atom is 0.325 e. The molecule has 1 atom stereocenters. The molecular weight excluding hydrogens is 505 g/mol. The predicted octanol–water partition coefficient (Wildman–Crippen LogP) is 2.04. The molecule has 2 aromatic carbocycles. The Morgan fingerprint density at radius 3 is 2.38 bits per heavy atom. The van der Waals surface area contributed by atoms with Crippen molar-refractivity contribution < 1.29 is 33.0 Å². The molecule has 1 heterocycles. The smallest absolute Gasteiger partial charge is 0.325 e. The number of ether oxygens (including phenoxy) is 2. The van der Waals surface area contributed by atoms with E-state index in [1.54, 1.807) is 19.1 Å². The molecule has 13 heteroatoms. The van der Waals surface area contributed by atoms with Gasteiger partial charge in [-0.25, -0.2) is 4.39 Å². The summed E-state index contributed by atoms with van der Waals surface area (Å²) in [7, 11) is 1.45. The number of hydrogen-bond donors (Lipinski definition) is 3. The predicted molar refractivity (Wildman–Crippen MR) is 134 cm³/mol. The molecule has 11 nitrogen and oxygen atoms in total. The van der Waals surface area contributed by atoms with Gasteiger partial charge in [0.25, 0.3) is 11.8 Å². The summed E-state index contributed by atoms with van der Waals surface area (Å²) in [5.74, 6) is -3.73. The number of carbonyl (C=O) groups is 4. The Morgan fingerprint density at radius 2 is 1.81 bits per heavy atom. The van der Waals surface area contributed by atoms with Gasteiger partial charge in [-0.15, -0.1) is 0 Å². The highest BCUT2D eigenvalue weighted by Gasteiger charge is 2.37. The fourth-order valence-electron chi connectivity index (χ4n) is 3.42. The largest absolute Gasteiger partial charge is 0.497 e. The van der Waals surface area contributed by atoms with E-state index in [1.165, 1.54) is 37.4 Å². The minimum Gasteiger partial charge on any atom is -0.497 e. The van der Waals surface area contributed by atoms with Crippen LogP contribution < -0.4 is 26.4 Å². The minimum atomic E-state index is -1.48. The summed E-state index contributed by atoms with van der Waals surface area (Å²) < 4.78 is 28.9. The Hall–Kier alpha value is -4.52. The third-order valence-electron chi connectivity index (χ3n) is 5.14. The molecule has 0 bridgehead atoms. The van der Waals surface area contributed by atoms with Crippen molar-refractivity contribution in [3.63, 3.8) is 0 Å². The van der Waals surface area contributed by atoms with Gasteiger partial charge in [0.05, 0.1) is 25.1 Å². The number of rotatable bonds is 10. The standard InChI is InChI=1S/C24H24FN5O6S/c1-3-36-17(31)12-28-23(33)20(13-8-10-14(35-2)11-9-13)30(16-7-5-4-6-15(16)25)24(34)21-18(26)19(22(27)32)29-37-21/h4-11,20H,3,12,26H2,1-2H3,(H2,27,32)(H,28,33). The first-order valence-corrected chi connectivity index (χ1v) is 11.7. The number of nitrogens with zero attached hydrogens (tertiary/aromatic N) is 2. The third-order valence-corrected chi connectivity index (χ3v) is 5.99. The van der Waals surface area contributed by atoms with E-state index in [9.17, 15) is 19.2 Å². The summed E-state index contributed by atoms with van der Waals surface area (Å²) in [5.41, 5.74) is 10.6. The molecule has 5 N–H and O–H groups in total.